The quantitative estimate of drug-likeness (QED) is 0.0886. The van der Waals surface area contributed by atoms with E-state index in [1.165, 1.54) is 6.20 Å². The molecule has 16 nitrogen and oxygen atoms in total. The lowest BCUT2D eigenvalue weighted by Gasteiger charge is -2.26. The van der Waals surface area contributed by atoms with Gasteiger partial charge in [-0.1, -0.05) is 76.1 Å². The van der Waals surface area contributed by atoms with Crippen LogP contribution in [0.25, 0.3) is 10.8 Å². The first-order valence-electron chi connectivity index (χ1n) is 19.6. The Bertz CT molecular complexity index is 2360. The van der Waals surface area contributed by atoms with Gasteiger partial charge in [0.15, 0.2) is 11.6 Å². The van der Waals surface area contributed by atoms with Crippen LogP contribution in [0.5, 0.6) is 5.75 Å². The molecule has 1 fully saturated rings. The van der Waals surface area contributed by atoms with E-state index in [0.29, 0.717) is 52.4 Å². The fraction of sp³-hybridized carbons (Fsp3) is 0.318. The van der Waals surface area contributed by atoms with Gasteiger partial charge in [0.05, 0.1) is 24.5 Å². The second-order valence-corrected chi connectivity index (χ2v) is 16.0. The molecule has 5 amide bonds. The van der Waals surface area contributed by atoms with Gasteiger partial charge in [-0.15, -0.1) is 0 Å². The number of morpholine rings is 1. The molecule has 0 spiro atoms. The van der Waals surface area contributed by atoms with Crippen molar-refractivity contribution in [1.29, 1.82) is 0 Å². The predicted octanol–water partition coefficient (Wildman–Crippen LogP) is 8.74. The number of benzene rings is 3. The van der Waals surface area contributed by atoms with E-state index < -0.39 is 6.03 Å². The Labute approximate surface area is 348 Å². The smallest absolute Gasteiger partial charge is 0.324 e. The first kappa shape index (κ1) is 42.8. The molecule has 3 aromatic carbocycles. The summed E-state index contributed by atoms with van der Waals surface area (Å²) in [4.78, 5) is 43.0. The van der Waals surface area contributed by atoms with E-state index >= 15 is 0 Å². The number of carbonyl (C=O) groups excluding carboxylic acids is 3. The third kappa shape index (κ3) is 12.1. The van der Waals surface area contributed by atoms with Crippen LogP contribution in [0.1, 0.15) is 63.4 Å². The van der Waals surface area contributed by atoms with Gasteiger partial charge in [0, 0.05) is 77.1 Å². The van der Waals surface area contributed by atoms with E-state index in [1.54, 1.807) is 54.7 Å². The normalized spacial score (nSPS) is 13.1. The van der Waals surface area contributed by atoms with Crippen LogP contribution in [0.15, 0.2) is 106 Å². The molecule has 0 bridgehead atoms. The van der Waals surface area contributed by atoms with Crippen LogP contribution in [0.3, 0.4) is 0 Å². The number of aromatic nitrogens is 3. The molecule has 1 saturated heterocycles. The summed E-state index contributed by atoms with van der Waals surface area (Å²) in [6, 6.07) is 24.3. The summed E-state index contributed by atoms with van der Waals surface area (Å²) >= 11 is 0. The molecule has 1 aliphatic rings. The number of hydrogen-bond donors (Lipinski definition) is 5. The first-order valence-corrected chi connectivity index (χ1v) is 19.6. The zero-order valence-electron chi connectivity index (χ0n) is 34.6. The number of amides is 5. The Morgan fingerprint density at radius 3 is 1.83 bits per heavy atom. The van der Waals surface area contributed by atoms with Gasteiger partial charge < -0.3 is 34.5 Å². The number of anilines is 5. The summed E-state index contributed by atoms with van der Waals surface area (Å²) < 4.78 is 22.0. The second kappa shape index (κ2) is 19.3. The van der Waals surface area contributed by atoms with Crippen molar-refractivity contribution in [2.45, 2.75) is 52.4 Å². The zero-order valence-corrected chi connectivity index (χ0v) is 34.6. The molecule has 1 aliphatic heterocycles. The first-order chi connectivity index (χ1) is 28.7. The molecule has 0 atom stereocenters. The lowest BCUT2D eigenvalue weighted by molar-refractivity contribution is 0.0323. The minimum Gasteiger partial charge on any atom is -0.492 e. The van der Waals surface area contributed by atoms with Crippen molar-refractivity contribution in [3.8, 4) is 5.75 Å². The maximum absolute atomic E-state index is 12.6. The Kier molecular flexibility index (Phi) is 13.8. The Balaban J connectivity index is 0.000000203. The lowest BCUT2D eigenvalue weighted by Crippen LogP contribution is -2.38. The second-order valence-electron chi connectivity index (χ2n) is 16.0. The van der Waals surface area contributed by atoms with E-state index in [-0.39, 0.29) is 22.8 Å². The van der Waals surface area contributed by atoms with Crippen molar-refractivity contribution in [2.75, 3.05) is 66.0 Å². The van der Waals surface area contributed by atoms with E-state index in [4.69, 9.17) is 18.5 Å². The molecule has 7 rings (SSSR count). The summed E-state index contributed by atoms with van der Waals surface area (Å²) in [6.45, 7) is 16.9. The highest BCUT2D eigenvalue weighted by atomic mass is 16.5. The summed E-state index contributed by atoms with van der Waals surface area (Å²) in [7, 11) is 0. The van der Waals surface area contributed by atoms with Crippen molar-refractivity contribution in [3.63, 3.8) is 0 Å². The van der Waals surface area contributed by atoms with Crippen molar-refractivity contribution in [3.05, 3.63) is 114 Å². The summed E-state index contributed by atoms with van der Waals surface area (Å²) in [6.07, 6.45) is 3.09. The number of rotatable bonds is 10. The van der Waals surface area contributed by atoms with Crippen LogP contribution in [0.4, 0.5) is 38.3 Å². The van der Waals surface area contributed by atoms with Gasteiger partial charge in [-0.25, -0.2) is 9.59 Å². The minimum atomic E-state index is -0.444. The van der Waals surface area contributed by atoms with Gasteiger partial charge >= 0.3 is 12.1 Å². The maximum atomic E-state index is 12.6. The highest BCUT2D eigenvalue weighted by molar-refractivity contribution is 6.07. The third-order valence-electron chi connectivity index (χ3n) is 9.21. The Hall–Kier alpha value is -6.78. The van der Waals surface area contributed by atoms with E-state index in [0.717, 1.165) is 49.4 Å². The zero-order chi connectivity index (χ0) is 42.7. The van der Waals surface area contributed by atoms with Gasteiger partial charge in [0.25, 0.3) is 5.91 Å². The highest BCUT2D eigenvalue weighted by Gasteiger charge is 2.22. The largest absolute Gasteiger partial charge is 0.492 e. The summed E-state index contributed by atoms with van der Waals surface area (Å²) in [5, 5.41) is 23.3. The summed E-state index contributed by atoms with van der Waals surface area (Å²) in [5.41, 5.74) is 1.95. The molecular weight excluding hydrogens is 767 g/mol. The van der Waals surface area contributed by atoms with Crippen molar-refractivity contribution in [2.24, 2.45) is 0 Å². The molecule has 5 N–H and O–H groups in total. The lowest BCUT2D eigenvalue weighted by atomic mass is 9.93. The summed E-state index contributed by atoms with van der Waals surface area (Å²) in [5.74, 6) is 2.63. The highest BCUT2D eigenvalue weighted by Crippen LogP contribution is 2.32. The molecule has 0 aliphatic carbocycles. The van der Waals surface area contributed by atoms with Crippen LogP contribution in [0.2, 0.25) is 0 Å². The van der Waals surface area contributed by atoms with Crippen molar-refractivity contribution >= 4 is 57.4 Å². The van der Waals surface area contributed by atoms with Gasteiger partial charge in [0.1, 0.15) is 23.9 Å². The number of pyridine rings is 1. The molecule has 0 saturated carbocycles. The van der Waals surface area contributed by atoms with E-state index in [1.807, 2.05) is 77.9 Å². The minimum absolute atomic E-state index is 0.183. The Morgan fingerprint density at radius 2 is 1.27 bits per heavy atom. The molecule has 6 aromatic rings. The number of fused-ring (bicyclic) bond motifs is 1. The van der Waals surface area contributed by atoms with Gasteiger partial charge in [0.2, 0.25) is 0 Å². The van der Waals surface area contributed by atoms with Crippen LogP contribution in [-0.4, -0.2) is 77.6 Å². The van der Waals surface area contributed by atoms with Gasteiger partial charge in [-0.05, 0) is 48.5 Å². The number of nitrogens with zero attached hydrogens (tertiary/aromatic N) is 4. The van der Waals surface area contributed by atoms with Crippen LogP contribution < -0.4 is 31.3 Å². The average Bonchev–Trinajstić information content (AvgIpc) is 3.91. The predicted molar refractivity (Wildman–Crippen MR) is 231 cm³/mol. The average molecular weight is 818 g/mol. The van der Waals surface area contributed by atoms with E-state index in [2.05, 4.69) is 46.8 Å². The molecule has 60 heavy (non-hydrogen) atoms. The van der Waals surface area contributed by atoms with Gasteiger partial charge in [-0.3, -0.25) is 25.3 Å². The van der Waals surface area contributed by atoms with Crippen LogP contribution >= 0.6 is 0 Å². The van der Waals surface area contributed by atoms with Crippen molar-refractivity contribution < 1.29 is 32.9 Å². The molecule has 3 aromatic heterocycles. The van der Waals surface area contributed by atoms with Crippen LogP contribution in [0, 0.1) is 0 Å². The fourth-order valence-electron chi connectivity index (χ4n) is 5.88. The number of ether oxygens (including phenoxy) is 2. The number of urea groups is 2. The molecule has 0 unspecified atom stereocenters. The Morgan fingerprint density at radius 1 is 0.683 bits per heavy atom. The maximum Gasteiger partial charge on any atom is 0.324 e. The topological polar surface area (TPSA) is 198 Å². The fourth-order valence-corrected chi connectivity index (χ4v) is 5.88. The number of hydrogen-bond acceptors (Lipinski definition) is 11. The van der Waals surface area contributed by atoms with Crippen molar-refractivity contribution in [1.82, 2.24) is 20.2 Å². The standard InChI is InChI=1S/C24H30N4O4.C20H21N5O3/c1-24(2,3)21-16-22(27-32-21)26-23(29)25-19-8-9-20(18-7-5-4-6-17(18)19)31-15-12-28-10-13-30-14-11-28;1-20(2,3)16-11-17(25-28-16)24-19(27)23-15-8-6-14(7-9-15)22-18(26)13-5-4-10-21-12-13/h4-9,16H,10-15H2,1-3H3,(H2,25,26,27,29);4-12H,1-3H3,(H,22,26)(H2,23,24,25,27). The van der Waals surface area contributed by atoms with E-state index in [9.17, 15) is 14.4 Å². The molecule has 4 heterocycles. The molecule has 0 radical (unpaired) electrons. The third-order valence-corrected chi connectivity index (χ3v) is 9.21. The monoisotopic (exact) mass is 817 g/mol. The SMILES string of the molecule is CC(C)(C)c1cc(NC(=O)Nc2ccc(NC(=O)c3cccnc3)cc2)no1.CC(C)(C)c1cc(NC(=O)Nc2ccc(OCCN3CCOCC3)c3ccccc23)no1. The molecule has 16 heteroatoms. The number of carbonyl (C=O) groups is 3. The van der Waals surface area contributed by atoms with Crippen LogP contribution in [-0.2, 0) is 15.6 Å². The molecular formula is C44H51N9O7. The molecule has 314 valence electrons. The number of nitrogens with one attached hydrogen (secondary N) is 5. The van der Waals surface area contributed by atoms with Gasteiger partial charge in [-0.2, -0.15) is 0 Å².